The van der Waals surface area contributed by atoms with Crippen molar-refractivity contribution in [1.82, 2.24) is 0 Å². The van der Waals surface area contributed by atoms with Crippen molar-refractivity contribution < 1.29 is 14.3 Å². The average molecular weight is 294 g/mol. The summed E-state index contributed by atoms with van der Waals surface area (Å²) in [5.41, 5.74) is 1.30. The number of aliphatic imine (C=N–C) groups is 1. The normalized spacial score (nSPS) is 22.2. The zero-order valence-electron chi connectivity index (χ0n) is 11.5. The van der Waals surface area contributed by atoms with Crippen molar-refractivity contribution in [3.63, 3.8) is 0 Å². The number of methoxy groups -OCH3 is 1. The maximum absolute atomic E-state index is 10.7. The predicted molar refractivity (Wildman–Crippen MR) is 75.4 cm³/mol. The summed E-state index contributed by atoms with van der Waals surface area (Å²) in [6, 6.07) is 1.86. The smallest absolute Gasteiger partial charge is 0.235 e. The lowest BCUT2D eigenvalue weighted by atomic mass is 9.72. The van der Waals surface area contributed by atoms with E-state index >= 15 is 0 Å². The second-order valence-corrected chi connectivity index (χ2v) is 5.85. The Hall–Kier alpha value is -1.51. The van der Waals surface area contributed by atoms with Crippen LogP contribution < -0.4 is 9.47 Å². The van der Waals surface area contributed by atoms with E-state index in [2.05, 4.69) is 4.99 Å². The summed E-state index contributed by atoms with van der Waals surface area (Å²) in [5.74, 6) is 1.38. The van der Waals surface area contributed by atoms with Crippen LogP contribution in [0.1, 0.15) is 37.3 Å². The van der Waals surface area contributed by atoms with Crippen LogP contribution >= 0.6 is 11.6 Å². The van der Waals surface area contributed by atoms with E-state index in [1.54, 1.807) is 13.2 Å². The van der Waals surface area contributed by atoms with Crippen LogP contribution in [0.2, 0.25) is 5.02 Å². The number of ether oxygens (including phenoxy) is 2. The molecule has 0 saturated heterocycles. The van der Waals surface area contributed by atoms with Crippen LogP contribution in [0, 0.1) is 0 Å². The molecule has 0 amide bonds. The van der Waals surface area contributed by atoms with Crippen LogP contribution in [0.5, 0.6) is 11.5 Å². The van der Waals surface area contributed by atoms with E-state index in [0.29, 0.717) is 10.8 Å². The van der Waals surface area contributed by atoms with Gasteiger partial charge in [-0.2, -0.15) is 4.99 Å². The third kappa shape index (κ3) is 1.83. The maximum Gasteiger partial charge on any atom is 0.235 e. The van der Waals surface area contributed by atoms with Crippen molar-refractivity contribution in [1.29, 1.82) is 0 Å². The van der Waals surface area contributed by atoms with Crippen molar-refractivity contribution in [2.75, 3.05) is 7.11 Å². The van der Waals surface area contributed by atoms with E-state index in [0.717, 1.165) is 42.6 Å². The number of nitrogens with zero attached hydrogens (tertiary/aromatic N) is 1. The van der Waals surface area contributed by atoms with Crippen molar-refractivity contribution >= 4 is 17.7 Å². The fraction of sp³-hybridized carbons (Fsp3) is 0.533. The Labute approximate surface area is 122 Å². The first kappa shape index (κ1) is 13.5. The van der Waals surface area contributed by atoms with E-state index < -0.39 is 5.54 Å². The highest BCUT2D eigenvalue weighted by atomic mass is 35.5. The van der Waals surface area contributed by atoms with Crippen molar-refractivity contribution in [3.8, 4) is 11.5 Å². The molecule has 1 heterocycles. The van der Waals surface area contributed by atoms with Gasteiger partial charge in [-0.25, -0.2) is 4.79 Å². The molecule has 3 rings (SSSR count). The lowest BCUT2D eigenvalue weighted by Crippen LogP contribution is -2.32. The fourth-order valence-corrected chi connectivity index (χ4v) is 3.44. The first-order valence-corrected chi connectivity index (χ1v) is 7.14. The Balaban J connectivity index is 2.18. The number of halogens is 1. The van der Waals surface area contributed by atoms with Crippen LogP contribution in [0.3, 0.4) is 0 Å². The van der Waals surface area contributed by atoms with Crippen LogP contribution in [-0.4, -0.2) is 19.3 Å². The number of hydrogen-bond donors (Lipinski definition) is 0. The molecule has 0 N–H and O–H groups in total. The van der Waals surface area contributed by atoms with Crippen LogP contribution in [0.4, 0.5) is 0 Å². The Kier molecular flexibility index (Phi) is 3.23. The number of hydrogen-bond acceptors (Lipinski definition) is 4. The summed E-state index contributed by atoms with van der Waals surface area (Å²) in [6.07, 6.45) is 5.20. The lowest BCUT2D eigenvalue weighted by molar-refractivity contribution is 0.241. The summed E-state index contributed by atoms with van der Waals surface area (Å²) in [6.45, 7) is 2.00. The molecule has 1 aromatic carbocycles. The molecule has 0 radical (unpaired) electrons. The molecule has 2 aliphatic rings. The molecule has 1 atom stereocenters. The average Bonchev–Trinajstić information content (AvgIpc) is 2.77. The first-order chi connectivity index (χ1) is 9.61. The quantitative estimate of drug-likeness (QED) is 0.634. The highest BCUT2D eigenvalue weighted by molar-refractivity contribution is 6.32. The van der Waals surface area contributed by atoms with Crippen molar-refractivity contribution in [2.45, 2.75) is 44.2 Å². The number of carbonyl (C=O) groups excluding carboxylic acids is 1. The van der Waals surface area contributed by atoms with Crippen LogP contribution in [-0.2, 0) is 16.8 Å². The third-order valence-corrected chi connectivity index (χ3v) is 4.68. The molecule has 1 saturated carbocycles. The van der Waals surface area contributed by atoms with Gasteiger partial charge in [-0.15, -0.1) is 0 Å². The minimum atomic E-state index is -0.521. The van der Waals surface area contributed by atoms with Gasteiger partial charge >= 0.3 is 0 Å². The number of fused-ring (bicyclic) bond motifs is 1. The molecule has 106 valence electrons. The summed E-state index contributed by atoms with van der Waals surface area (Å²) >= 11 is 6.56. The van der Waals surface area contributed by atoms with Gasteiger partial charge in [-0.1, -0.05) is 11.6 Å². The number of rotatable bonds is 3. The van der Waals surface area contributed by atoms with E-state index in [1.807, 2.05) is 13.0 Å². The first-order valence-electron chi connectivity index (χ1n) is 6.77. The van der Waals surface area contributed by atoms with Gasteiger partial charge in [0.2, 0.25) is 6.08 Å². The molecule has 1 aromatic rings. The molecule has 1 aliphatic heterocycles. The summed E-state index contributed by atoms with van der Waals surface area (Å²) in [7, 11) is 1.61. The minimum absolute atomic E-state index is 0.0820. The zero-order chi connectivity index (χ0) is 14.3. The van der Waals surface area contributed by atoms with Crippen LogP contribution in [0.15, 0.2) is 11.1 Å². The molecule has 5 heteroatoms. The molecular formula is C15H16ClNO3. The Bertz CT molecular complexity index is 604. The molecular weight excluding hydrogens is 278 g/mol. The molecule has 1 fully saturated rings. The van der Waals surface area contributed by atoms with E-state index in [1.165, 1.54) is 0 Å². The fourth-order valence-electron chi connectivity index (χ4n) is 3.04. The van der Waals surface area contributed by atoms with Gasteiger partial charge in [0.15, 0.2) is 11.5 Å². The number of isocyanates is 1. The second kappa shape index (κ2) is 4.80. The third-order valence-electron chi connectivity index (χ3n) is 4.25. The summed E-state index contributed by atoms with van der Waals surface area (Å²) < 4.78 is 11.2. The van der Waals surface area contributed by atoms with E-state index in [4.69, 9.17) is 21.1 Å². The molecule has 0 bridgehead atoms. The Morgan fingerprint density at radius 3 is 2.85 bits per heavy atom. The number of benzene rings is 1. The SMILES string of the molecule is COc1cc(C2(N=C=O)CCC2)c(Cl)c2c1OC(C)C2. The predicted octanol–water partition coefficient (Wildman–Crippen LogP) is 3.39. The van der Waals surface area contributed by atoms with Crippen molar-refractivity contribution in [2.24, 2.45) is 4.99 Å². The molecule has 4 nitrogen and oxygen atoms in total. The molecule has 0 aromatic heterocycles. The minimum Gasteiger partial charge on any atom is -0.493 e. The van der Waals surface area contributed by atoms with Crippen molar-refractivity contribution in [3.05, 3.63) is 22.2 Å². The van der Waals surface area contributed by atoms with E-state index in [-0.39, 0.29) is 6.10 Å². The molecule has 0 spiro atoms. The maximum atomic E-state index is 10.7. The lowest BCUT2D eigenvalue weighted by Gasteiger charge is -2.38. The van der Waals surface area contributed by atoms with Gasteiger partial charge in [-0.05, 0) is 32.3 Å². The topological polar surface area (TPSA) is 47.9 Å². The Morgan fingerprint density at radius 1 is 1.55 bits per heavy atom. The van der Waals surface area contributed by atoms with Gasteiger partial charge in [0.1, 0.15) is 6.10 Å². The van der Waals surface area contributed by atoms with Gasteiger partial charge in [0, 0.05) is 17.5 Å². The van der Waals surface area contributed by atoms with Gasteiger partial charge in [-0.3, -0.25) is 0 Å². The zero-order valence-corrected chi connectivity index (χ0v) is 12.3. The van der Waals surface area contributed by atoms with Gasteiger partial charge in [0.05, 0.1) is 17.7 Å². The summed E-state index contributed by atoms with van der Waals surface area (Å²) in [4.78, 5) is 14.8. The monoisotopic (exact) mass is 293 g/mol. The van der Waals surface area contributed by atoms with Crippen LogP contribution in [0.25, 0.3) is 0 Å². The Morgan fingerprint density at radius 2 is 2.30 bits per heavy atom. The second-order valence-electron chi connectivity index (χ2n) is 5.47. The highest BCUT2D eigenvalue weighted by Gasteiger charge is 2.43. The highest BCUT2D eigenvalue weighted by Crippen LogP contribution is 2.52. The van der Waals surface area contributed by atoms with Gasteiger partial charge in [0.25, 0.3) is 0 Å². The molecule has 1 aliphatic carbocycles. The largest absolute Gasteiger partial charge is 0.493 e. The van der Waals surface area contributed by atoms with E-state index in [9.17, 15) is 4.79 Å². The molecule has 20 heavy (non-hydrogen) atoms. The van der Waals surface area contributed by atoms with Gasteiger partial charge < -0.3 is 9.47 Å². The standard InChI is InChI=1S/C15H16ClNO3/c1-9-6-10-13(16)11(7-12(19-2)14(10)20-9)15(17-8-18)4-3-5-15/h7,9H,3-6H2,1-2H3. The summed E-state index contributed by atoms with van der Waals surface area (Å²) in [5, 5.41) is 0.656. The molecule has 1 unspecified atom stereocenters.